The summed E-state index contributed by atoms with van der Waals surface area (Å²) in [6.07, 6.45) is 2.61. The first-order valence-electron chi connectivity index (χ1n) is 9.67. The number of carbonyl (C=O) groups is 1. The van der Waals surface area contributed by atoms with Crippen molar-refractivity contribution in [3.8, 4) is 0 Å². The minimum Gasteiger partial charge on any atom is -0.411 e. The van der Waals surface area contributed by atoms with Gasteiger partial charge in [-0.3, -0.25) is 4.79 Å². The molecule has 0 aliphatic carbocycles. The van der Waals surface area contributed by atoms with Crippen molar-refractivity contribution in [3.63, 3.8) is 0 Å². The summed E-state index contributed by atoms with van der Waals surface area (Å²) in [4.78, 5) is 26.5. The van der Waals surface area contributed by atoms with Gasteiger partial charge in [0.1, 0.15) is 12.4 Å². The lowest BCUT2D eigenvalue weighted by Gasteiger charge is -2.32. The molecule has 31 heavy (non-hydrogen) atoms. The number of rotatable bonds is 12. The number of imidazole rings is 1. The number of aromatic nitrogens is 2. The second kappa shape index (κ2) is 10.8. The molecule has 13 heteroatoms. The molecule has 0 spiro atoms. The summed E-state index contributed by atoms with van der Waals surface area (Å²) < 4.78 is 1.15. The zero-order valence-electron chi connectivity index (χ0n) is 18.7. The van der Waals surface area contributed by atoms with Crippen molar-refractivity contribution in [1.29, 1.82) is 0 Å². The average molecular weight is 441 g/mol. The van der Waals surface area contributed by atoms with Gasteiger partial charge in [0.05, 0.1) is 28.5 Å². The lowest BCUT2D eigenvalue weighted by Crippen LogP contribution is -2.58. The van der Waals surface area contributed by atoms with Gasteiger partial charge in [-0.25, -0.2) is 4.57 Å². The maximum atomic E-state index is 12.6. The van der Waals surface area contributed by atoms with Crippen LogP contribution in [0.2, 0.25) is 0 Å². The van der Waals surface area contributed by atoms with Crippen LogP contribution in [0.4, 0.5) is 5.95 Å². The van der Waals surface area contributed by atoms with Crippen molar-refractivity contribution in [1.82, 2.24) is 25.5 Å². The van der Waals surface area contributed by atoms with Crippen LogP contribution in [0, 0.1) is 10.1 Å². The van der Waals surface area contributed by atoms with E-state index in [1.54, 1.807) is 13.8 Å². The molecule has 0 bridgehead atoms. The van der Waals surface area contributed by atoms with Gasteiger partial charge in [0.25, 0.3) is 5.91 Å². The van der Waals surface area contributed by atoms with E-state index in [1.807, 2.05) is 27.7 Å². The summed E-state index contributed by atoms with van der Waals surface area (Å²) in [5.41, 5.74) is -0.358. The molecule has 0 fully saturated rings. The van der Waals surface area contributed by atoms with E-state index in [4.69, 9.17) is 10.4 Å². The minimum atomic E-state index is -0.660. The van der Waals surface area contributed by atoms with Crippen LogP contribution in [-0.2, 0) is 11.3 Å². The molecule has 174 valence electrons. The number of carbonyl (C=O) groups excluding carboxylic acids is 1. The predicted molar refractivity (Wildman–Crippen MR) is 115 cm³/mol. The highest BCUT2D eigenvalue weighted by Gasteiger charge is 2.27. The number of nitrogens with one attached hydrogen (secondary N) is 3. The third kappa shape index (κ3) is 7.61. The average Bonchev–Trinajstić information content (AvgIpc) is 3.16. The molecule has 1 rings (SSSR count). The van der Waals surface area contributed by atoms with Gasteiger partial charge >= 0.3 is 5.95 Å². The Morgan fingerprint density at radius 3 is 2.06 bits per heavy atom. The van der Waals surface area contributed by atoms with Gasteiger partial charge in [-0.15, -0.1) is 0 Å². The van der Waals surface area contributed by atoms with Crippen molar-refractivity contribution in [2.24, 2.45) is 10.3 Å². The van der Waals surface area contributed by atoms with E-state index in [0.29, 0.717) is 24.5 Å². The lowest BCUT2D eigenvalue weighted by molar-refractivity contribution is -0.396. The highest BCUT2D eigenvalue weighted by molar-refractivity contribution is 5.90. The molecule has 0 atom stereocenters. The number of hydrogen-bond acceptors (Lipinski definition) is 10. The summed E-state index contributed by atoms with van der Waals surface area (Å²) >= 11 is 0. The number of hydrogen-bond donors (Lipinski definition) is 5. The van der Waals surface area contributed by atoms with E-state index in [0.717, 1.165) is 4.57 Å². The fourth-order valence-corrected chi connectivity index (χ4v) is 2.46. The Kier molecular flexibility index (Phi) is 9.06. The third-order valence-electron chi connectivity index (χ3n) is 5.23. The molecule has 1 amide bonds. The number of oxime groups is 2. The summed E-state index contributed by atoms with van der Waals surface area (Å²) in [5.74, 6) is -0.861. The normalized spacial score (nSPS) is 14.4. The highest BCUT2D eigenvalue weighted by atomic mass is 16.6. The highest BCUT2D eigenvalue weighted by Crippen LogP contribution is 2.09. The van der Waals surface area contributed by atoms with E-state index in [-0.39, 0.29) is 6.54 Å². The molecule has 5 N–H and O–H groups in total. The van der Waals surface area contributed by atoms with Crippen LogP contribution in [0.25, 0.3) is 0 Å². The molecule has 1 aromatic rings. The molecule has 0 aliphatic rings. The topological polar surface area (TPSA) is 179 Å². The molecular weight excluding hydrogens is 408 g/mol. The van der Waals surface area contributed by atoms with E-state index >= 15 is 0 Å². The van der Waals surface area contributed by atoms with Gasteiger partial charge < -0.3 is 36.5 Å². The number of nitro groups is 1. The van der Waals surface area contributed by atoms with Crippen LogP contribution >= 0.6 is 0 Å². The number of amides is 1. The quantitative estimate of drug-likeness (QED) is 0.136. The molecule has 1 aromatic heterocycles. The maximum Gasteiger partial charge on any atom is 0.435 e. The molecule has 0 aliphatic heterocycles. The fourth-order valence-electron chi connectivity index (χ4n) is 2.46. The van der Waals surface area contributed by atoms with E-state index in [2.05, 4.69) is 31.2 Å². The second-order valence-corrected chi connectivity index (χ2v) is 8.26. The molecule has 0 unspecified atom stereocenters. The molecule has 0 aromatic carbocycles. The Bertz CT molecular complexity index is 797. The largest absolute Gasteiger partial charge is 0.435 e. The zero-order valence-corrected chi connectivity index (χ0v) is 18.7. The van der Waals surface area contributed by atoms with Crippen molar-refractivity contribution in [2.45, 2.75) is 65.2 Å². The number of nitrogens with zero attached hydrogens (tertiary/aromatic N) is 5. The standard InChI is InChI=1S/C18H32N8O5/c1-12(23-28)17(3,4)20-9-14(10-21-18(5,6)13(2)24-29)22-15(27)11-25-8-7-19-16(25)26(30)31/h7-8,14,20-21,28-29H,9-11H2,1-6H3,(H,22,27). The van der Waals surface area contributed by atoms with Crippen LogP contribution in [-0.4, -0.2) is 72.4 Å². The smallest absolute Gasteiger partial charge is 0.411 e. The molecule has 0 saturated carbocycles. The van der Waals surface area contributed by atoms with Crippen LogP contribution in [0.15, 0.2) is 22.7 Å². The first-order valence-corrected chi connectivity index (χ1v) is 9.67. The first-order chi connectivity index (χ1) is 14.3. The molecule has 13 nitrogen and oxygen atoms in total. The van der Waals surface area contributed by atoms with Crippen LogP contribution < -0.4 is 16.0 Å². The Labute approximate surface area is 180 Å². The molecular formula is C18H32N8O5. The molecule has 0 saturated heterocycles. The summed E-state index contributed by atoms with van der Waals surface area (Å²) in [6, 6.07) is -0.438. The van der Waals surface area contributed by atoms with Crippen molar-refractivity contribution in [3.05, 3.63) is 22.5 Å². The maximum absolute atomic E-state index is 12.6. The van der Waals surface area contributed by atoms with Gasteiger partial charge in [-0.05, 0) is 46.5 Å². The van der Waals surface area contributed by atoms with Gasteiger partial charge in [-0.2, -0.15) is 0 Å². The Hall–Kier alpha value is -3.06. The molecule has 0 radical (unpaired) electrons. The summed E-state index contributed by atoms with van der Waals surface area (Å²) in [5, 5.41) is 44.9. The van der Waals surface area contributed by atoms with Crippen molar-refractivity contribution in [2.75, 3.05) is 13.1 Å². The van der Waals surface area contributed by atoms with Gasteiger partial charge in [0.2, 0.25) is 0 Å². The monoisotopic (exact) mass is 440 g/mol. The minimum absolute atomic E-state index is 0.270. The van der Waals surface area contributed by atoms with Gasteiger partial charge in [0.15, 0.2) is 6.54 Å². The zero-order chi connectivity index (χ0) is 23.8. The molecule has 1 heterocycles. The van der Waals surface area contributed by atoms with E-state index in [1.165, 1.54) is 12.4 Å². The first kappa shape index (κ1) is 26.0. The van der Waals surface area contributed by atoms with E-state index in [9.17, 15) is 14.9 Å². The lowest BCUT2D eigenvalue weighted by atomic mass is 9.98. The van der Waals surface area contributed by atoms with E-state index < -0.39 is 33.9 Å². The van der Waals surface area contributed by atoms with Crippen LogP contribution in [0.1, 0.15) is 41.5 Å². The van der Waals surface area contributed by atoms with Gasteiger partial charge in [-0.1, -0.05) is 15.3 Å². The second-order valence-electron chi connectivity index (χ2n) is 8.26. The van der Waals surface area contributed by atoms with Crippen LogP contribution in [0.3, 0.4) is 0 Å². The van der Waals surface area contributed by atoms with Gasteiger partial charge in [0, 0.05) is 13.1 Å². The fraction of sp³-hybridized carbons (Fsp3) is 0.667. The van der Waals surface area contributed by atoms with Crippen molar-refractivity contribution >= 4 is 23.3 Å². The predicted octanol–water partition coefficient (Wildman–Crippen LogP) is 0.713. The summed E-state index contributed by atoms with van der Waals surface area (Å²) in [7, 11) is 0. The third-order valence-corrected chi connectivity index (χ3v) is 5.23. The Morgan fingerprint density at radius 2 is 1.65 bits per heavy atom. The SMILES string of the molecule is CC(=NO)C(C)(C)NCC(CNC(C)(C)C(C)=NO)NC(=O)Cn1ccnc1[N+](=O)[O-]. The summed E-state index contributed by atoms with van der Waals surface area (Å²) in [6.45, 7) is 11.0. The Balaban J connectivity index is 2.91. The Morgan fingerprint density at radius 1 is 1.16 bits per heavy atom. The van der Waals surface area contributed by atoms with Crippen molar-refractivity contribution < 1.29 is 20.1 Å². The van der Waals surface area contributed by atoms with Crippen LogP contribution in [0.5, 0.6) is 0 Å².